The van der Waals surface area contributed by atoms with Crippen molar-refractivity contribution in [2.75, 3.05) is 7.05 Å². The number of likely N-dealkylation sites (N-methyl/N-ethyl adjacent to an activating group) is 1. The van der Waals surface area contributed by atoms with Crippen molar-refractivity contribution < 1.29 is 14.7 Å². The van der Waals surface area contributed by atoms with Crippen LogP contribution in [0.15, 0.2) is 11.6 Å². The third-order valence-electron chi connectivity index (χ3n) is 1.70. The summed E-state index contributed by atoms with van der Waals surface area (Å²) < 4.78 is 0. The zero-order valence-electron chi connectivity index (χ0n) is 8.37. The Hall–Kier alpha value is -1.32. The summed E-state index contributed by atoms with van der Waals surface area (Å²) in [5.41, 5.74) is 0.856. The lowest BCUT2D eigenvalue weighted by molar-refractivity contribution is -0.146. The van der Waals surface area contributed by atoms with E-state index in [2.05, 4.69) is 0 Å². The average Bonchev–Trinajstić information content (AvgIpc) is 2.00. The maximum absolute atomic E-state index is 11.3. The summed E-state index contributed by atoms with van der Waals surface area (Å²) in [6.07, 6.45) is 1.42. The molecule has 0 rings (SSSR count). The topological polar surface area (TPSA) is 57.6 Å². The zero-order chi connectivity index (χ0) is 10.6. The molecule has 0 spiro atoms. The van der Waals surface area contributed by atoms with Gasteiger partial charge in [0.2, 0.25) is 5.91 Å². The van der Waals surface area contributed by atoms with Crippen molar-refractivity contribution in [1.29, 1.82) is 0 Å². The molecule has 0 aliphatic rings. The van der Waals surface area contributed by atoms with Crippen molar-refractivity contribution in [3.05, 3.63) is 11.6 Å². The first kappa shape index (κ1) is 11.7. The molecule has 0 aromatic heterocycles. The summed E-state index contributed by atoms with van der Waals surface area (Å²) in [4.78, 5) is 23.0. The van der Waals surface area contributed by atoms with E-state index in [-0.39, 0.29) is 5.91 Å². The Morgan fingerprint density at radius 3 is 2.15 bits per heavy atom. The number of carboxylic acids is 1. The fourth-order valence-corrected chi connectivity index (χ4v) is 0.705. The minimum atomic E-state index is -1.00. The molecule has 0 bridgehead atoms. The number of carbonyl (C=O) groups is 2. The maximum Gasteiger partial charge on any atom is 0.326 e. The molecule has 0 aliphatic carbocycles. The second kappa shape index (κ2) is 4.64. The van der Waals surface area contributed by atoms with Crippen molar-refractivity contribution in [2.24, 2.45) is 0 Å². The van der Waals surface area contributed by atoms with Crippen molar-refractivity contribution in [3.63, 3.8) is 0 Å². The molecule has 1 amide bonds. The normalized spacial score (nSPS) is 11.7. The van der Waals surface area contributed by atoms with Gasteiger partial charge in [0.15, 0.2) is 0 Å². The Labute approximate surface area is 77.8 Å². The number of amides is 1. The summed E-state index contributed by atoms with van der Waals surface area (Å²) >= 11 is 0. The Kier molecular flexibility index (Phi) is 4.17. The standard InChI is InChI=1S/C9H15NO3/c1-6(2)5-8(11)10(4)7(3)9(12)13/h5,7H,1-4H3,(H,12,13). The van der Waals surface area contributed by atoms with Crippen LogP contribution in [0.25, 0.3) is 0 Å². The summed E-state index contributed by atoms with van der Waals surface area (Å²) in [5.74, 6) is -1.28. The van der Waals surface area contributed by atoms with Crippen molar-refractivity contribution in [2.45, 2.75) is 26.8 Å². The number of aliphatic carboxylic acids is 1. The minimum Gasteiger partial charge on any atom is -0.480 e. The first-order valence-electron chi connectivity index (χ1n) is 4.00. The second-order valence-corrected chi connectivity index (χ2v) is 3.19. The van der Waals surface area contributed by atoms with E-state index in [1.54, 1.807) is 13.8 Å². The molecular formula is C9H15NO3. The number of hydrogen-bond acceptors (Lipinski definition) is 2. The maximum atomic E-state index is 11.3. The monoisotopic (exact) mass is 185 g/mol. The van der Waals surface area contributed by atoms with Crippen LogP contribution in [0.1, 0.15) is 20.8 Å². The van der Waals surface area contributed by atoms with Crippen LogP contribution in [0, 0.1) is 0 Å². The van der Waals surface area contributed by atoms with E-state index >= 15 is 0 Å². The van der Waals surface area contributed by atoms with Gasteiger partial charge in [-0.25, -0.2) is 4.79 Å². The van der Waals surface area contributed by atoms with E-state index in [0.717, 1.165) is 5.57 Å². The Bertz CT molecular complexity index is 241. The molecule has 0 aliphatic heterocycles. The van der Waals surface area contributed by atoms with Gasteiger partial charge in [-0.05, 0) is 20.8 Å². The molecule has 0 heterocycles. The smallest absolute Gasteiger partial charge is 0.326 e. The van der Waals surface area contributed by atoms with Crippen LogP contribution < -0.4 is 0 Å². The molecule has 0 saturated heterocycles. The van der Waals surface area contributed by atoms with E-state index in [0.29, 0.717) is 0 Å². The molecule has 1 N–H and O–H groups in total. The average molecular weight is 185 g/mol. The third kappa shape index (κ3) is 3.73. The van der Waals surface area contributed by atoms with Gasteiger partial charge in [0.1, 0.15) is 6.04 Å². The molecule has 1 atom stereocenters. The SMILES string of the molecule is CC(C)=CC(=O)N(C)C(C)C(=O)O. The molecule has 4 nitrogen and oxygen atoms in total. The van der Waals surface area contributed by atoms with E-state index in [4.69, 9.17) is 5.11 Å². The summed E-state index contributed by atoms with van der Waals surface area (Å²) in [6.45, 7) is 5.05. The third-order valence-corrected chi connectivity index (χ3v) is 1.70. The lowest BCUT2D eigenvalue weighted by Gasteiger charge is -2.19. The fourth-order valence-electron chi connectivity index (χ4n) is 0.705. The van der Waals surface area contributed by atoms with Gasteiger partial charge in [0, 0.05) is 13.1 Å². The van der Waals surface area contributed by atoms with Crippen LogP contribution in [0.3, 0.4) is 0 Å². The van der Waals surface area contributed by atoms with Crippen LogP contribution >= 0.6 is 0 Å². The van der Waals surface area contributed by atoms with Gasteiger partial charge in [-0.1, -0.05) is 5.57 Å². The molecule has 13 heavy (non-hydrogen) atoms. The number of rotatable bonds is 3. The van der Waals surface area contributed by atoms with Gasteiger partial charge in [-0.3, -0.25) is 4.79 Å². The van der Waals surface area contributed by atoms with Gasteiger partial charge >= 0.3 is 5.97 Å². The van der Waals surface area contributed by atoms with Gasteiger partial charge < -0.3 is 10.0 Å². The predicted octanol–water partition coefficient (Wildman–Crippen LogP) is 0.884. The fraction of sp³-hybridized carbons (Fsp3) is 0.556. The van der Waals surface area contributed by atoms with Crippen LogP contribution in [-0.4, -0.2) is 35.0 Å². The highest BCUT2D eigenvalue weighted by atomic mass is 16.4. The molecule has 0 aromatic carbocycles. The first-order chi connectivity index (χ1) is 5.86. The van der Waals surface area contributed by atoms with Crippen molar-refractivity contribution in [3.8, 4) is 0 Å². The van der Waals surface area contributed by atoms with E-state index in [1.165, 1.54) is 24.9 Å². The molecule has 4 heteroatoms. The Morgan fingerprint density at radius 2 is 1.85 bits per heavy atom. The lowest BCUT2D eigenvalue weighted by Crippen LogP contribution is -2.39. The largest absolute Gasteiger partial charge is 0.480 e. The van der Waals surface area contributed by atoms with E-state index < -0.39 is 12.0 Å². The summed E-state index contributed by atoms with van der Waals surface area (Å²) in [6, 6.07) is -0.789. The van der Waals surface area contributed by atoms with Crippen LogP contribution in [-0.2, 0) is 9.59 Å². The number of carbonyl (C=O) groups excluding carboxylic acids is 1. The molecule has 0 saturated carbocycles. The Morgan fingerprint density at radius 1 is 1.38 bits per heavy atom. The number of allylic oxidation sites excluding steroid dienone is 1. The minimum absolute atomic E-state index is 0.282. The van der Waals surface area contributed by atoms with Crippen molar-refractivity contribution in [1.82, 2.24) is 4.90 Å². The number of hydrogen-bond donors (Lipinski definition) is 1. The van der Waals surface area contributed by atoms with Gasteiger partial charge in [-0.2, -0.15) is 0 Å². The first-order valence-corrected chi connectivity index (χ1v) is 4.00. The van der Waals surface area contributed by atoms with Gasteiger partial charge in [0.05, 0.1) is 0 Å². The number of carboxylic acid groups (broad SMARTS) is 1. The van der Waals surface area contributed by atoms with Gasteiger partial charge in [0.25, 0.3) is 0 Å². The highest BCUT2D eigenvalue weighted by Gasteiger charge is 2.19. The molecule has 1 unspecified atom stereocenters. The lowest BCUT2D eigenvalue weighted by atomic mass is 10.2. The molecule has 0 aromatic rings. The second-order valence-electron chi connectivity index (χ2n) is 3.19. The van der Waals surface area contributed by atoms with E-state index in [1.807, 2.05) is 0 Å². The molecule has 0 fully saturated rings. The van der Waals surface area contributed by atoms with E-state index in [9.17, 15) is 9.59 Å². The quantitative estimate of drug-likeness (QED) is 0.664. The van der Waals surface area contributed by atoms with Gasteiger partial charge in [-0.15, -0.1) is 0 Å². The van der Waals surface area contributed by atoms with Crippen LogP contribution in [0.5, 0.6) is 0 Å². The zero-order valence-corrected chi connectivity index (χ0v) is 8.37. The highest BCUT2D eigenvalue weighted by molar-refractivity contribution is 5.91. The summed E-state index contributed by atoms with van der Waals surface area (Å²) in [7, 11) is 1.47. The highest BCUT2D eigenvalue weighted by Crippen LogP contribution is 1.99. The predicted molar refractivity (Wildman–Crippen MR) is 49.3 cm³/mol. The number of nitrogens with zero attached hydrogens (tertiary/aromatic N) is 1. The van der Waals surface area contributed by atoms with Crippen LogP contribution in [0.2, 0.25) is 0 Å². The Balaban J connectivity index is 4.43. The molecule has 0 radical (unpaired) electrons. The molecule has 74 valence electrons. The molecular weight excluding hydrogens is 170 g/mol. The van der Waals surface area contributed by atoms with Crippen molar-refractivity contribution >= 4 is 11.9 Å². The van der Waals surface area contributed by atoms with Crippen LogP contribution in [0.4, 0.5) is 0 Å². The summed E-state index contributed by atoms with van der Waals surface area (Å²) in [5, 5.41) is 8.62.